The van der Waals surface area contributed by atoms with Gasteiger partial charge in [-0.1, -0.05) is 0 Å². The fraction of sp³-hybridized carbons (Fsp3) is 0.227. The zero-order chi connectivity index (χ0) is 26.7. The lowest BCUT2D eigenvalue weighted by molar-refractivity contribution is -0.189. The molecule has 3 aromatic rings. The van der Waals surface area contributed by atoms with Crippen molar-refractivity contribution in [2.24, 2.45) is 0 Å². The second-order valence-electron chi connectivity index (χ2n) is 7.64. The first kappa shape index (κ1) is 25.2. The van der Waals surface area contributed by atoms with E-state index in [-0.39, 0.29) is 40.6 Å². The molecule has 0 saturated heterocycles. The summed E-state index contributed by atoms with van der Waals surface area (Å²) in [6.07, 6.45) is -3.33. The van der Waals surface area contributed by atoms with E-state index in [0.29, 0.717) is 11.4 Å². The van der Waals surface area contributed by atoms with Gasteiger partial charge >= 0.3 is 18.1 Å². The number of ether oxygens (including phenoxy) is 4. The molecule has 2 amide bonds. The van der Waals surface area contributed by atoms with Crippen LogP contribution in [0.5, 0.6) is 23.0 Å². The highest BCUT2D eigenvalue weighted by atomic mass is 19.3. The van der Waals surface area contributed by atoms with Gasteiger partial charge in [0.05, 0.1) is 19.9 Å². The summed E-state index contributed by atoms with van der Waals surface area (Å²) in [6, 6.07) is 7.23. The lowest BCUT2D eigenvalue weighted by atomic mass is 10.2. The van der Waals surface area contributed by atoms with Gasteiger partial charge in [-0.15, -0.1) is 0 Å². The maximum atomic E-state index is 13.4. The number of rotatable bonds is 7. The Morgan fingerprint density at radius 2 is 1.65 bits per heavy atom. The Morgan fingerprint density at radius 1 is 1.03 bits per heavy atom. The highest BCUT2D eigenvalue weighted by Crippen LogP contribution is 2.41. The van der Waals surface area contributed by atoms with Gasteiger partial charge in [0.15, 0.2) is 17.2 Å². The average Bonchev–Trinajstić information content (AvgIpc) is 2.85. The van der Waals surface area contributed by atoms with Gasteiger partial charge in [0.25, 0.3) is 0 Å². The molecule has 1 aliphatic heterocycles. The Kier molecular flexibility index (Phi) is 6.77. The number of anilines is 5. The largest absolute Gasteiger partial charge is 0.493 e. The van der Waals surface area contributed by atoms with Crippen LogP contribution in [0.15, 0.2) is 36.7 Å². The average molecular weight is 517 g/mol. The van der Waals surface area contributed by atoms with Gasteiger partial charge in [-0.3, -0.25) is 4.79 Å². The molecule has 15 heteroatoms. The zero-order valence-corrected chi connectivity index (χ0v) is 20.0. The normalized spacial score (nSPS) is 13.4. The summed E-state index contributed by atoms with van der Waals surface area (Å²) >= 11 is 0. The zero-order valence-electron chi connectivity index (χ0n) is 20.0. The molecule has 2 aromatic carbocycles. The van der Waals surface area contributed by atoms with E-state index in [1.54, 1.807) is 12.1 Å². The van der Waals surface area contributed by atoms with E-state index in [4.69, 9.17) is 14.2 Å². The Morgan fingerprint density at radius 3 is 2.24 bits per heavy atom. The van der Waals surface area contributed by atoms with E-state index in [9.17, 15) is 18.4 Å². The lowest BCUT2D eigenvalue weighted by Gasteiger charge is -2.25. The maximum Gasteiger partial charge on any atom is 0.482 e. The van der Waals surface area contributed by atoms with Crippen LogP contribution in [0, 0.1) is 0 Å². The Balaban J connectivity index is 1.53. The second kappa shape index (κ2) is 9.96. The number of fused-ring (bicyclic) bond motifs is 1. The third-order valence-corrected chi connectivity index (χ3v) is 4.83. The van der Waals surface area contributed by atoms with Crippen molar-refractivity contribution in [3.63, 3.8) is 0 Å². The quantitative estimate of drug-likeness (QED) is 0.423. The van der Waals surface area contributed by atoms with Crippen LogP contribution in [0.3, 0.4) is 0 Å². The number of alkyl halides is 2. The smallest absolute Gasteiger partial charge is 0.482 e. The standard InChI is InChI=1S/C22H21F2N7O6/c1-31(2)21(33)36-17-15(34-3)8-12(9-16(17)35-4)28-20-26-10-25-19(30-20)27-11-5-6-14-13(7-11)29-18(32)22(23,24)37-14/h5-10H,1-4H3,(H,29,32)(H2,25,26,27,28,30). The minimum atomic E-state index is -3.95. The number of halogens is 2. The van der Waals surface area contributed by atoms with E-state index >= 15 is 0 Å². The van der Waals surface area contributed by atoms with Crippen LogP contribution in [-0.4, -0.2) is 66.3 Å². The summed E-state index contributed by atoms with van der Waals surface area (Å²) in [5.74, 6) is -0.988. The first-order valence-corrected chi connectivity index (χ1v) is 10.5. The first-order chi connectivity index (χ1) is 17.6. The molecule has 0 atom stereocenters. The number of hydrogen-bond acceptors (Lipinski definition) is 11. The van der Waals surface area contributed by atoms with Gasteiger partial charge < -0.3 is 39.8 Å². The van der Waals surface area contributed by atoms with E-state index in [2.05, 4.69) is 35.6 Å². The number of carbonyl (C=O) groups excluding carboxylic acids is 2. The number of nitrogens with one attached hydrogen (secondary N) is 3. The fourth-order valence-electron chi connectivity index (χ4n) is 3.08. The van der Waals surface area contributed by atoms with Crippen molar-refractivity contribution >= 4 is 41.0 Å². The number of benzene rings is 2. The van der Waals surface area contributed by atoms with Crippen LogP contribution in [0.25, 0.3) is 0 Å². The predicted octanol–water partition coefficient (Wildman–Crippen LogP) is 3.36. The molecular weight excluding hydrogens is 496 g/mol. The Hall–Kier alpha value is -4.95. The van der Waals surface area contributed by atoms with Crippen LogP contribution in [-0.2, 0) is 4.79 Å². The molecule has 0 unspecified atom stereocenters. The highest BCUT2D eigenvalue weighted by molar-refractivity contribution is 5.99. The molecule has 37 heavy (non-hydrogen) atoms. The number of carbonyl (C=O) groups is 2. The summed E-state index contributed by atoms with van der Waals surface area (Å²) in [7, 11) is 5.89. The van der Waals surface area contributed by atoms with Crippen molar-refractivity contribution in [1.29, 1.82) is 0 Å². The molecule has 0 fully saturated rings. The van der Waals surface area contributed by atoms with Crippen LogP contribution in [0.1, 0.15) is 0 Å². The lowest BCUT2D eigenvalue weighted by Crippen LogP contribution is -2.43. The molecule has 0 aliphatic carbocycles. The van der Waals surface area contributed by atoms with Gasteiger partial charge in [-0.05, 0) is 18.2 Å². The molecule has 3 N–H and O–H groups in total. The molecule has 4 rings (SSSR count). The SMILES string of the molecule is COc1cc(Nc2ncnc(Nc3ccc4c(c3)NC(=O)C(F)(F)O4)n2)cc(OC)c1OC(=O)N(C)C. The number of hydrogen-bond donors (Lipinski definition) is 3. The van der Waals surface area contributed by atoms with Crippen molar-refractivity contribution < 1.29 is 37.3 Å². The highest BCUT2D eigenvalue weighted by Gasteiger charge is 2.46. The van der Waals surface area contributed by atoms with Gasteiger partial charge in [-0.2, -0.15) is 13.8 Å². The Labute approximate surface area is 208 Å². The monoisotopic (exact) mass is 517 g/mol. The van der Waals surface area contributed by atoms with Crippen LogP contribution < -0.4 is 34.9 Å². The number of methoxy groups -OCH3 is 2. The van der Waals surface area contributed by atoms with E-state index in [1.165, 1.54) is 57.7 Å². The van der Waals surface area contributed by atoms with Gasteiger partial charge in [0.2, 0.25) is 17.6 Å². The molecule has 194 valence electrons. The predicted molar refractivity (Wildman–Crippen MR) is 126 cm³/mol. The van der Waals surface area contributed by atoms with Crippen molar-refractivity contribution in [2.45, 2.75) is 6.11 Å². The van der Waals surface area contributed by atoms with Crippen LogP contribution >= 0.6 is 0 Å². The van der Waals surface area contributed by atoms with Gasteiger partial charge in [0, 0.05) is 37.6 Å². The van der Waals surface area contributed by atoms with Gasteiger partial charge in [0.1, 0.15) is 6.33 Å². The molecule has 1 aliphatic rings. The number of aromatic nitrogens is 3. The van der Waals surface area contributed by atoms with Crippen LogP contribution in [0.2, 0.25) is 0 Å². The molecule has 0 radical (unpaired) electrons. The number of amides is 2. The third kappa shape index (κ3) is 5.50. The summed E-state index contributed by atoms with van der Waals surface area (Å²) in [5.41, 5.74) is 0.896. The molecule has 0 saturated carbocycles. The summed E-state index contributed by atoms with van der Waals surface area (Å²) < 4.78 is 47.3. The summed E-state index contributed by atoms with van der Waals surface area (Å²) in [6.45, 7) is 0. The summed E-state index contributed by atoms with van der Waals surface area (Å²) in [5, 5.41) is 7.96. The van der Waals surface area contributed by atoms with Crippen molar-refractivity contribution in [2.75, 3.05) is 44.3 Å². The first-order valence-electron chi connectivity index (χ1n) is 10.5. The maximum absolute atomic E-state index is 13.4. The van der Waals surface area contributed by atoms with Crippen molar-refractivity contribution in [3.05, 3.63) is 36.7 Å². The van der Waals surface area contributed by atoms with E-state index < -0.39 is 18.1 Å². The summed E-state index contributed by atoms with van der Waals surface area (Å²) in [4.78, 5) is 37.1. The second-order valence-corrected chi connectivity index (χ2v) is 7.64. The van der Waals surface area contributed by atoms with E-state index in [0.717, 1.165) is 0 Å². The topological polar surface area (TPSA) is 149 Å². The minimum Gasteiger partial charge on any atom is -0.493 e. The van der Waals surface area contributed by atoms with Crippen LogP contribution in [0.4, 0.5) is 42.5 Å². The molecule has 0 spiro atoms. The molecule has 13 nitrogen and oxygen atoms in total. The van der Waals surface area contributed by atoms with Gasteiger partial charge in [-0.25, -0.2) is 14.8 Å². The molecular formula is C22H21F2N7O6. The number of nitrogens with zero attached hydrogens (tertiary/aromatic N) is 4. The Bertz CT molecular complexity index is 1330. The molecule has 0 bridgehead atoms. The van der Waals surface area contributed by atoms with E-state index in [1.807, 2.05) is 0 Å². The third-order valence-electron chi connectivity index (χ3n) is 4.83. The fourth-order valence-corrected chi connectivity index (χ4v) is 3.08. The molecule has 1 aromatic heterocycles. The molecule has 2 heterocycles. The minimum absolute atomic E-state index is 0.0579. The van der Waals surface area contributed by atoms with Crippen molar-refractivity contribution in [3.8, 4) is 23.0 Å². The van der Waals surface area contributed by atoms with Crippen molar-refractivity contribution in [1.82, 2.24) is 19.9 Å².